The van der Waals surface area contributed by atoms with E-state index in [0.717, 1.165) is 0 Å². The average Bonchev–Trinajstić information content (AvgIpc) is 2.99. The molecule has 2 aromatic heterocycles. The van der Waals surface area contributed by atoms with Crippen molar-refractivity contribution in [2.45, 2.75) is 38.7 Å². The van der Waals surface area contributed by atoms with Gasteiger partial charge in [-0.15, -0.1) is 0 Å². The highest BCUT2D eigenvalue weighted by molar-refractivity contribution is 5.76. The molecule has 0 saturated carbocycles. The molecule has 1 amide bonds. The van der Waals surface area contributed by atoms with Gasteiger partial charge in [0.2, 0.25) is 24.4 Å². The van der Waals surface area contributed by atoms with E-state index < -0.39 is 12.3 Å². The first-order valence-electron chi connectivity index (χ1n) is 8.19. The number of aliphatic hydroxyl groups is 1. The minimum absolute atomic E-state index is 0.0168. The van der Waals surface area contributed by atoms with Crippen LogP contribution in [0.3, 0.4) is 0 Å². The van der Waals surface area contributed by atoms with Crippen LogP contribution in [-0.2, 0) is 16.6 Å². The summed E-state index contributed by atoms with van der Waals surface area (Å²) in [6.45, 7) is 4.18. The Morgan fingerprint density at radius 3 is 3.00 bits per heavy atom. The van der Waals surface area contributed by atoms with Crippen LogP contribution in [-0.4, -0.2) is 44.3 Å². The molecule has 0 aliphatic carbocycles. The zero-order chi connectivity index (χ0) is 18.3. The lowest BCUT2D eigenvalue weighted by molar-refractivity contribution is -0.646. The Morgan fingerprint density at radius 2 is 2.32 bits per heavy atom. The number of hydrogen-bond donors (Lipinski definition) is 4. The summed E-state index contributed by atoms with van der Waals surface area (Å²) < 4.78 is 9.06. The third kappa shape index (κ3) is 2.98. The first-order valence-corrected chi connectivity index (χ1v) is 8.19. The number of nitrogen functional groups attached to an aromatic ring is 1. The summed E-state index contributed by atoms with van der Waals surface area (Å²) in [5, 5.41) is 13.4. The van der Waals surface area contributed by atoms with Gasteiger partial charge < -0.3 is 20.9 Å². The number of aromatic amines is 1. The van der Waals surface area contributed by atoms with E-state index in [4.69, 9.17) is 10.5 Å². The highest BCUT2D eigenvalue weighted by atomic mass is 16.5. The number of ether oxygens (including phenoxy) is 1. The molecular weight excluding hydrogens is 328 g/mol. The molecule has 10 heteroatoms. The molecule has 1 fully saturated rings. The Morgan fingerprint density at radius 1 is 1.60 bits per heavy atom. The van der Waals surface area contributed by atoms with Crippen molar-refractivity contribution in [2.75, 3.05) is 12.3 Å². The standard InChI is InChI=1S/C15H22N6O4/c1-4-17-9(22)5-8-7(2)25-14(11(8)23)21-6-20(3)10-12(21)18-15(16)19-13(10)24/h6-8,11,14,23H,4-5H2,1-3H3,(H3-,16,17,18,19,22,24)/p+1/t7-,8-,11-,14?/m1/s1. The molecule has 1 unspecified atom stereocenters. The van der Waals surface area contributed by atoms with Gasteiger partial charge in [0, 0.05) is 18.9 Å². The Labute approximate surface area is 143 Å². The van der Waals surface area contributed by atoms with Gasteiger partial charge in [0.05, 0.1) is 13.2 Å². The number of anilines is 1. The van der Waals surface area contributed by atoms with E-state index in [1.807, 2.05) is 13.8 Å². The normalized spacial score (nSPS) is 26.2. The van der Waals surface area contributed by atoms with Crippen molar-refractivity contribution in [2.24, 2.45) is 13.0 Å². The van der Waals surface area contributed by atoms with Gasteiger partial charge in [0.25, 0.3) is 11.2 Å². The number of amides is 1. The molecule has 3 rings (SSSR count). The van der Waals surface area contributed by atoms with Crippen LogP contribution < -0.4 is 21.2 Å². The van der Waals surface area contributed by atoms with Gasteiger partial charge >= 0.3 is 5.56 Å². The van der Waals surface area contributed by atoms with Crippen LogP contribution in [0.5, 0.6) is 0 Å². The minimum atomic E-state index is -0.921. The van der Waals surface area contributed by atoms with E-state index in [2.05, 4.69) is 15.3 Å². The van der Waals surface area contributed by atoms with Crippen molar-refractivity contribution in [1.82, 2.24) is 19.9 Å². The molecule has 0 bridgehead atoms. The molecule has 1 saturated heterocycles. The number of carbonyl (C=O) groups excluding carboxylic acids is 1. The summed E-state index contributed by atoms with van der Waals surface area (Å²) in [5.74, 6) is -0.514. The molecule has 25 heavy (non-hydrogen) atoms. The van der Waals surface area contributed by atoms with Crippen molar-refractivity contribution >= 4 is 23.0 Å². The second-order valence-electron chi connectivity index (χ2n) is 6.30. The van der Waals surface area contributed by atoms with Gasteiger partial charge in [-0.05, 0) is 13.8 Å². The van der Waals surface area contributed by atoms with Crippen LogP contribution in [0.1, 0.15) is 26.5 Å². The molecule has 1 aliphatic rings. The largest absolute Gasteiger partial charge is 0.386 e. The Balaban J connectivity index is 1.96. The first kappa shape index (κ1) is 17.4. The van der Waals surface area contributed by atoms with Crippen LogP contribution in [0.2, 0.25) is 0 Å². The van der Waals surface area contributed by atoms with E-state index in [9.17, 15) is 14.7 Å². The fourth-order valence-electron chi connectivity index (χ4n) is 3.35. The van der Waals surface area contributed by atoms with Gasteiger partial charge in [-0.25, -0.2) is 4.57 Å². The summed E-state index contributed by atoms with van der Waals surface area (Å²) in [5.41, 5.74) is 5.91. The van der Waals surface area contributed by atoms with Crippen LogP contribution in [0.25, 0.3) is 11.2 Å². The summed E-state index contributed by atoms with van der Waals surface area (Å²) in [4.78, 5) is 30.6. The molecule has 3 heterocycles. The molecule has 0 radical (unpaired) electrons. The van der Waals surface area contributed by atoms with Crippen molar-refractivity contribution < 1.29 is 19.2 Å². The maximum atomic E-state index is 12.1. The summed E-state index contributed by atoms with van der Waals surface area (Å²) >= 11 is 0. The van der Waals surface area contributed by atoms with Crippen LogP contribution in [0, 0.1) is 5.92 Å². The number of nitrogens with one attached hydrogen (secondary N) is 2. The number of carbonyl (C=O) groups is 1. The SMILES string of the molecule is CCNC(=O)C[C@@H]1[C@@H](C)OC(n2c[n+](C)c3c(=O)[nH]c(N)nc32)[C@@H]1O. The third-order valence-electron chi connectivity index (χ3n) is 4.55. The lowest BCUT2D eigenvalue weighted by Crippen LogP contribution is -2.33. The molecule has 4 atom stereocenters. The van der Waals surface area contributed by atoms with Crippen molar-refractivity contribution in [1.29, 1.82) is 0 Å². The summed E-state index contributed by atoms with van der Waals surface area (Å²) in [7, 11) is 1.70. The molecule has 10 nitrogen and oxygen atoms in total. The number of aryl methyl sites for hydroxylation is 1. The quantitative estimate of drug-likeness (QED) is 0.497. The van der Waals surface area contributed by atoms with E-state index in [1.54, 1.807) is 22.5 Å². The van der Waals surface area contributed by atoms with Crippen molar-refractivity contribution in [3.05, 3.63) is 16.7 Å². The summed E-state index contributed by atoms with van der Waals surface area (Å²) in [6.07, 6.45) is -0.220. The molecule has 136 valence electrons. The van der Waals surface area contributed by atoms with Gasteiger partial charge in [-0.1, -0.05) is 0 Å². The van der Waals surface area contributed by atoms with Crippen molar-refractivity contribution in [3.8, 4) is 0 Å². The fourth-order valence-corrected chi connectivity index (χ4v) is 3.35. The molecule has 0 spiro atoms. The maximum Gasteiger partial charge on any atom is 0.304 e. The maximum absolute atomic E-state index is 12.1. The zero-order valence-corrected chi connectivity index (χ0v) is 14.4. The van der Waals surface area contributed by atoms with Crippen molar-refractivity contribution in [3.63, 3.8) is 0 Å². The number of aliphatic hydroxyl groups excluding tert-OH is 1. The molecule has 5 N–H and O–H groups in total. The Hall–Kier alpha value is -2.46. The highest BCUT2D eigenvalue weighted by Gasteiger charge is 2.47. The predicted octanol–water partition coefficient (Wildman–Crippen LogP) is -1.45. The molecule has 1 aliphatic heterocycles. The molecule has 0 aromatic carbocycles. The number of rotatable bonds is 4. The monoisotopic (exact) mass is 351 g/mol. The highest BCUT2D eigenvalue weighted by Crippen LogP contribution is 2.36. The van der Waals surface area contributed by atoms with E-state index in [1.165, 1.54) is 0 Å². The van der Waals surface area contributed by atoms with Crippen LogP contribution in [0.15, 0.2) is 11.1 Å². The number of imidazole rings is 1. The number of nitrogens with two attached hydrogens (primary N) is 1. The Kier molecular flexibility index (Phi) is 4.48. The van der Waals surface area contributed by atoms with Crippen LogP contribution in [0.4, 0.5) is 5.95 Å². The minimum Gasteiger partial charge on any atom is -0.386 e. The van der Waals surface area contributed by atoms with Gasteiger partial charge in [-0.3, -0.25) is 14.6 Å². The van der Waals surface area contributed by atoms with E-state index >= 15 is 0 Å². The second kappa shape index (κ2) is 6.45. The van der Waals surface area contributed by atoms with Gasteiger partial charge in [-0.2, -0.15) is 9.55 Å². The first-order chi connectivity index (χ1) is 11.8. The van der Waals surface area contributed by atoms with E-state index in [0.29, 0.717) is 17.7 Å². The molecule has 2 aromatic rings. The number of aromatic nitrogens is 4. The number of H-pyrrole nitrogens is 1. The third-order valence-corrected chi connectivity index (χ3v) is 4.55. The molecular formula is C15H23N6O4+. The number of nitrogens with zero attached hydrogens (tertiary/aromatic N) is 3. The van der Waals surface area contributed by atoms with E-state index in [-0.39, 0.29) is 35.9 Å². The van der Waals surface area contributed by atoms with Gasteiger partial charge in [0.15, 0.2) is 0 Å². The lowest BCUT2D eigenvalue weighted by atomic mass is 9.94. The summed E-state index contributed by atoms with van der Waals surface area (Å²) in [6, 6.07) is 0. The number of fused-ring (bicyclic) bond motifs is 1. The smallest absolute Gasteiger partial charge is 0.304 e. The topological polar surface area (TPSA) is 139 Å². The number of hydrogen-bond acceptors (Lipinski definition) is 6. The fraction of sp³-hybridized carbons (Fsp3) is 0.600. The Bertz CT molecular complexity index is 860. The van der Waals surface area contributed by atoms with Gasteiger partial charge in [0.1, 0.15) is 6.10 Å². The average molecular weight is 351 g/mol. The second-order valence-corrected chi connectivity index (χ2v) is 6.30. The van der Waals surface area contributed by atoms with Crippen LogP contribution >= 0.6 is 0 Å². The lowest BCUT2D eigenvalue weighted by Gasteiger charge is -2.16. The predicted molar refractivity (Wildman–Crippen MR) is 88.3 cm³/mol. The zero-order valence-electron chi connectivity index (χ0n) is 14.4.